The highest BCUT2D eigenvalue weighted by atomic mass is 16.5. The summed E-state index contributed by atoms with van der Waals surface area (Å²) < 4.78 is 5.19. The predicted octanol–water partition coefficient (Wildman–Crippen LogP) is 3.68. The second-order valence-corrected chi connectivity index (χ2v) is 7.34. The summed E-state index contributed by atoms with van der Waals surface area (Å²) in [7, 11) is 5.48. The van der Waals surface area contributed by atoms with Crippen LogP contribution in [0, 0.1) is 0 Å². The van der Waals surface area contributed by atoms with Gasteiger partial charge >= 0.3 is 0 Å². The normalized spacial score (nSPS) is 11.2. The van der Waals surface area contributed by atoms with Crippen LogP contribution in [-0.2, 0) is 4.79 Å². The van der Waals surface area contributed by atoms with Gasteiger partial charge in [0.2, 0.25) is 0 Å². The lowest BCUT2D eigenvalue weighted by atomic mass is 10.1. The molecule has 0 aromatic heterocycles. The summed E-state index contributed by atoms with van der Waals surface area (Å²) in [5.41, 5.74) is 5.53. The van der Waals surface area contributed by atoms with Crippen LogP contribution in [0.15, 0.2) is 89.7 Å². The van der Waals surface area contributed by atoms with Crippen molar-refractivity contribution in [3.63, 3.8) is 0 Å². The van der Waals surface area contributed by atoms with Crippen LogP contribution < -0.4 is 20.4 Å². The highest BCUT2D eigenvalue weighted by Crippen LogP contribution is 2.15. The van der Waals surface area contributed by atoms with E-state index in [1.807, 2.05) is 67.5 Å². The van der Waals surface area contributed by atoms with Gasteiger partial charge in [-0.15, -0.1) is 0 Å². The van der Waals surface area contributed by atoms with Gasteiger partial charge in [-0.3, -0.25) is 9.59 Å². The Morgan fingerprint density at radius 1 is 0.909 bits per heavy atom. The fraction of sp³-hybridized carbons (Fsp3) is 0.115. The van der Waals surface area contributed by atoms with Crippen LogP contribution in [0.2, 0.25) is 0 Å². The maximum absolute atomic E-state index is 12.9. The molecule has 2 amide bonds. The van der Waals surface area contributed by atoms with Crippen molar-refractivity contribution < 1.29 is 14.3 Å². The largest absolute Gasteiger partial charge is 0.497 e. The van der Waals surface area contributed by atoms with E-state index in [1.54, 1.807) is 43.5 Å². The first-order chi connectivity index (χ1) is 16.0. The molecule has 7 nitrogen and oxygen atoms in total. The van der Waals surface area contributed by atoms with Gasteiger partial charge in [0.15, 0.2) is 0 Å². The van der Waals surface area contributed by atoms with Gasteiger partial charge in [-0.1, -0.05) is 42.5 Å². The van der Waals surface area contributed by atoms with E-state index in [9.17, 15) is 9.59 Å². The minimum Gasteiger partial charge on any atom is -0.497 e. The molecule has 0 saturated carbocycles. The quantitative estimate of drug-likeness (QED) is 0.317. The average molecular weight is 443 g/mol. The Kier molecular flexibility index (Phi) is 7.96. The van der Waals surface area contributed by atoms with E-state index in [1.165, 1.54) is 6.21 Å². The van der Waals surface area contributed by atoms with Crippen LogP contribution in [0.5, 0.6) is 5.75 Å². The molecule has 3 rings (SSSR count). The molecule has 0 heterocycles. The van der Waals surface area contributed by atoms with Gasteiger partial charge in [0.1, 0.15) is 11.4 Å². The molecule has 3 aromatic carbocycles. The van der Waals surface area contributed by atoms with Gasteiger partial charge in [-0.2, -0.15) is 5.10 Å². The summed E-state index contributed by atoms with van der Waals surface area (Å²) in [5, 5.41) is 6.71. The van der Waals surface area contributed by atoms with Gasteiger partial charge < -0.3 is 15.0 Å². The Balaban J connectivity index is 1.81. The first-order valence-corrected chi connectivity index (χ1v) is 10.3. The maximum Gasteiger partial charge on any atom is 0.287 e. The maximum atomic E-state index is 12.9. The van der Waals surface area contributed by atoms with E-state index in [4.69, 9.17) is 4.74 Å². The molecule has 0 radical (unpaired) electrons. The molecule has 0 unspecified atom stereocenters. The molecule has 33 heavy (non-hydrogen) atoms. The molecule has 3 aromatic rings. The number of amides is 2. The number of carbonyl (C=O) groups excluding carboxylic acids is 2. The lowest BCUT2D eigenvalue weighted by Gasteiger charge is -2.12. The number of carbonyl (C=O) groups is 2. The van der Waals surface area contributed by atoms with Gasteiger partial charge in [-0.25, -0.2) is 5.43 Å². The molecular formula is C26H26N4O3. The molecule has 7 heteroatoms. The van der Waals surface area contributed by atoms with Crippen molar-refractivity contribution in [2.24, 2.45) is 5.10 Å². The SMILES string of the molecule is COc1cccc(/C=N/NC(=O)/C(=C\c2ccc(N(C)C)cc2)NC(=O)c2ccccc2)c1. The number of hydrazone groups is 1. The fourth-order valence-corrected chi connectivity index (χ4v) is 2.93. The molecule has 168 valence electrons. The first kappa shape index (κ1) is 23.3. The van der Waals surface area contributed by atoms with Crippen LogP contribution in [0.4, 0.5) is 5.69 Å². The molecular weight excluding hydrogens is 416 g/mol. The Hall–Kier alpha value is -4.39. The number of benzene rings is 3. The van der Waals surface area contributed by atoms with Crippen molar-refractivity contribution in [1.29, 1.82) is 0 Å². The monoisotopic (exact) mass is 442 g/mol. The molecule has 2 N–H and O–H groups in total. The van der Waals surface area contributed by atoms with E-state index in [0.29, 0.717) is 11.3 Å². The molecule has 0 aliphatic heterocycles. The zero-order valence-electron chi connectivity index (χ0n) is 18.8. The second-order valence-electron chi connectivity index (χ2n) is 7.34. The summed E-state index contributed by atoms with van der Waals surface area (Å²) in [4.78, 5) is 27.5. The third kappa shape index (κ3) is 6.80. The molecule has 0 bridgehead atoms. The van der Waals surface area contributed by atoms with Gasteiger partial charge in [0.25, 0.3) is 11.8 Å². The molecule has 0 aliphatic carbocycles. The Labute approximate surface area is 193 Å². The Bertz CT molecular complexity index is 1150. The summed E-state index contributed by atoms with van der Waals surface area (Å²) in [5.74, 6) is -0.254. The van der Waals surface area contributed by atoms with E-state index in [0.717, 1.165) is 16.8 Å². The predicted molar refractivity (Wildman–Crippen MR) is 131 cm³/mol. The van der Waals surface area contributed by atoms with E-state index < -0.39 is 11.8 Å². The lowest BCUT2D eigenvalue weighted by Crippen LogP contribution is -2.32. The molecule has 0 atom stereocenters. The van der Waals surface area contributed by atoms with Crippen LogP contribution in [0.25, 0.3) is 6.08 Å². The number of methoxy groups -OCH3 is 1. The highest BCUT2D eigenvalue weighted by Gasteiger charge is 2.14. The highest BCUT2D eigenvalue weighted by molar-refractivity contribution is 6.05. The number of nitrogens with zero attached hydrogens (tertiary/aromatic N) is 2. The number of nitrogens with one attached hydrogen (secondary N) is 2. The van der Waals surface area contributed by atoms with Crippen LogP contribution in [0.1, 0.15) is 21.5 Å². The van der Waals surface area contributed by atoms with Crippen molar-refractivity contribution in [1.82, 2.24) is 10.7 Å². The third-order valence-electron chi connectivity index (χ3n) is 4.72. The zero-order chi connectivity index (χ0) is 23.6. The standard InChI is InChI=1S/C26H26N4O3/c1-30(2)22-14-12-19(13-15-22)17-24(28-25(31)21-9-5-4-6-10-21)26(32)29-27-18-20-8-7-11-23(16-20)33-3/h4-18H,1-3H3,(H,28,31)(H,29,32)/b24-17+,27-18+. The molecule has 0 spiro atoms. The topological polar surface area (TPSA) is 83.0 Å². The third-order valence-corrected chi connectivity index (χ3v) is 4.72. The van der Waals surface area contributed by atoms with Crippen LogP contribution in [-0.4, -0.2) is 39.2 Å². The summed E-state index contributed by atoms with van der Waals surface area (Å²) in [6, 6.07) is 23.6. The van der Waals surface area contributed by atoms with E-state index in [2.05, 4.69) is 15.8 Å². The minimum atomic E-state index is -0.546. The second kappa shape index (κ2) is 11.3. The Morgan fingerprint density at radius 2 is 1.64 bits per heavy atom. The smallest absolute Gasteiger partial charge is 0.287 e. The number of anilines is 1. The van der Waals surface area contributed by atoms with Crippen molar-refractivity contribution in [3.8, 4) is 5.75 Å². The first-order valence-electron chi connectivity index (χ1n) is 10.3. The summed E-state index contributed by atoms with van der Waals surface area (Å²) in [6.07, 6.45) is 3.11. The molecule has 0 saturated heterocycles. The Morgan fingerprint density at radius 3 is 2.30 bits per heavy atom. The van der Waals surface area contributed by atoms with Crippen molar-refractivity contribution in [3.05, 3.63) is 101 Å². The zero-order valence-corrected chi connectivity index (χ0v) is 18.8. The summed E-state index contributed by atoms with van der Waals surface area (Å²) in [6.45, 7) is 0. The van der Waals surface area contributed by atoms with Gasteiger partial charge in [0, 0.05) is 25.3 Å². The number of hydrogen-bond donors (Lipinski definition) is 2. The van der Waals surface area contributed by atoms with Crippen molar-refractivity contribution in [2.75, 3.05) is 26.1 Å². The number of ether oxygens (including phenoxy) is 1. The fourth-order valence-electron chi connectivity index (χ4n) is 2.93. The number of rotatable bonds is 8. The van der Waals surface area contributed by atoms with E-state index in [-0.39, 0.29) is 5.70 Å². The lowest BCUT2D eigenvalue weighted by molar-refractivity contribution is -0.117. The van der Waals surface area contributed by atoms with Crippen molar-refractivity contribution >= 4 is 29.8 Å². The molecule has 0 fully saturated rings. The average Bonchev–Trinajstić information content (AvgIpc) is 2.84. The minimum absolute atomic E-state index is 0.0734. The van der Waals surface area contributed by atoms with Crippen molar-refractivity contribution in [2.45, 2.75) is 0 Å². The van der Waals surface area contributed by atoms with Crippen LogP contribution >= 0.6 is 0 Å². The van der Waals surface area contributed by atoms with E-state index >= 15 is 0 Å². The number of hydrogen-bond acceptors (Lipinski definition) is 5. The van der Waals surface area contributed by atoms with Gasteiger partial charge in [-0.05, 0) is 53.6 Å². The van der Waals surface area contributed by atoms with Gasteiger partial charge in [0.05, 0.1) is 13.3 Å². The summed E-state index contributed by atoms with van der Waals surface area (Å²) >= 11 is 0. The van der Waals surface area contributed by atoms with Crippen LogP contribution in [0.3, 0.4) is 0 Å². The molecule has 0 aliphatic rings.